The van der Waals surface area contributed by atoms with E-state index >= 15 is 0 Å². The SMILES string of the molecule is Cc1c(C)c(C)c(CSc2cc(C(F)(F)F)cc(C(F)(F)F)c2)c(C)c1C. The maximum atomic E-state index is 13.0. The number of hydrogen-bond donors (Lipinski definition) is 0. The van der Waals surface area contributed by atoms with Crippen LogP contribution in [0.1, 0.15) is 44.5 Å². The highest BCUT2D eigenvalue weighted by Crippen LogP contribution is 2.39. The van der Waals surface area contributed by atoms with E-state index in [9.17, 15) is 26.3 Å². The molecule has 0 nitrogen and oxygen atoms in total. The molecule has 0 aliphatic heterocycles. The van der Waals surface area contributed by atoms with E-state index in [2.05, 4.69) is 0 Å². The van der Waals surface area contributed by atoms with Crippen LogP contribution in [-0.2, 0) is 18.1 Å². The Morgan fingerprint density at radius 2 is 1.00 bits per heavy atom. The quantitative estimate of drug-likeness (QED) is 0.374. The molecule has 0 atom stereocenters. The molecule has 0 N–H and O–H groups in total. The monoisotopic (exact) mass is 406 g/mol. The Balaban J connectivity index is 2.45. The first-order valence-corrected chi connectivity index (χ1v) is 9.20. The Bertz CT molecular complexity index is 801. The second kappa shape index (κ2) is 7.41. The summed E-state index contributed by atoms with van der Waals surface area (Å²) in [5, 5.41) is 0. The summed E-state index contributed by atoms with van der Waals surface area (Å²) in [5.74, 6) is 0.304. The summed E-state index contributed by atoms with van der Waals surface area (Å²) in [6.45, 7) is 9.80. The van der Waals surface area contributed by atoms with Crippen molar-refractivity contribution < 1.29 is 26.3 Å². The number of halogens is 6. The summed E-state index contributed by atoms with van der Waals surface area (Å²) < 4.78 is 78.0. The van der Waals surface area contributed by atoms with Crippen LogP contribution in [-0.4, -0.2) is 0 Å². The molecule has 0 spiro atoms. The Hall–Kier alpha value is -1.63. The first kappa shape index (κ1) is 21.7. The molecular formula is C20H20F6S. The maximum Gasteiger partial charge on any atom is 0.416 e. The van der Waals surface area contributed by atoms with Gasteiger partial charge in [-0.15, -0.1) is 11.8 Å². The summed E-state index contributed by atoms with van der Waals surface area (Å²) in [6, 6.07) is 1.71. The van der Waals surface area contributed by atoms with E-state index in [1.54, 1.807) is 0 Å². The van der Waals surface area contributed by atoms with Gasteiger partial charge in [-0.3, -0.25) is 0 Å². The fourth-order valence-electron chi connectivity index (χ4n) is 2.96. The normalized spacial score (nSPS) is 12.6. The van der Waals surface area contributed by atoms with Gasteiger partial charge in [-0.05, 0) is 86.2 Å². The fourth-order valence-corrected chi connectivity index (χ4v) is 4.12. The fraction of sp³-hybridized carbons (Fsp3) is 0.400. The predicted molar refractivity (Wildman–Crippen MR) is 96.1 cm³/mol. The van der Waals surface area contributed by atoms with Crippen LogP contribution in [0, 0.1) is 34.6 Å². The number of hydrogen-bond acceptors (Lipinski definition) is 1. The first-order chi connectivity index (χ1) is 12.2. The average Bonchev–Trinajstić information content (AvgIpc) is 2.56. The van der Waals surface area contributed by atoms with Gasteiger partial charge in [0, 0.05) is 10.6 Å². The molecule has 0 heterocycles. The second-order valence-corrected chi connectivity index (χ2v) is 7.68. The molecule has 0 unspecified atom stereocenters. The first-order valence-electron chi connectivity index (χ1n) is 8.21. The van der Waals surface area contributed by atoms with E-state index in [0.717, 1.165) is 57.3 Å². The lowest BCUT2D eigenvalue weighted by Gasteiger charge is -2.19. The Kier molecular flexibility index (Phi) is 5.95. The van der Waals surface area contributed by atoms with Gasteiger partial charge in [0.05, 0.1) is 11.1 Å². The number of alkyl halides is 6. The molecule has 0 bridgehead atoms. The van der Waals surface area contributed by atoms with Crippen molar-refractivity contribution in [1.29, 1.82) is 0 Å². The molecule has 0 radical (unpaired) electrons. The lowest BCUT2D eigenvalue weighted by Crippen LogP contribution is -2.11. The van der Waals surface area contributed by atoms with Gasteiger partial charge in [-0.1, -0.05) is 0 Å². The lowest BCUT2D eigenvalue weighted by molar-refractivity contribution is -0.143. The van der Waals surface area contributed by atoms with Crippen LogP contribution in [0.2, 0.25) is 0 Å². The van der Waals surface area contributed by atoms with Crippen molar-refractivity contribution in [2.24, 2.45) is 0 Å². The zero-order valence-electron chi connectivity index (χ0n) is 15.6. The largest absolute Gasteiger partial charge is 0.416 e. The van der Waals surface area contributed by atoms with Crippen LogP contribution < -0.4 is 0 Å². The van der Waals surface area contributed by atoms with Gasteiger partial charge in [0.15, 0.2) is 0 Å². The molecule has 27 heavy (non-hydrogen) atoms. The topological polar surface area (TPSA) is 0 Å². The van der Waals surface area contributed by atoms with Crippen molar-refractivity contribution in [3.8, 4) is 0 Å². The molecule has 0 amide bonds. The van der Waals surface area contributed by atoms with E-state index in [1.807, 2.05) is 34.6 Å². The van der Waals surface area contributed by atoms with Gasteiger partial charge in [-0.25, -0.2) is 0 Å². The van der Waals surface area contributed by atoms with Gasteiger partial charge < -0.3 is 0 Å². The van der Waals surface area contributed by atoms with E-state index < -0.39 is 23.5 Å². The van der Waals surface area contributed by atoms with Gasteiger partial charge in [0.2, 0.25) is 0 Å². The van der Waals surface area contributed by atoms with E-state index in [0.29, 0.717) is 5.75 Å². The van der Waals surface area contributed by atoms with Crippen LogP contribution in [0.3, 0.4) is 0 Å². The molecule has 0 saturated heterocycles. The number of benzene rings is 2. The maximum absolute atomic E-state index is 13.0. The highest BCUT2D eigenvalue weighted by molar-refractivity contribution is 7.98. The summed E-state index contributed by atoms with van der Waals surface area (Å²) in [6.07, 6.45) is -9.67. The van der Waals surface area contributed by atoms with Crippen molar-refractivity contribution in [3.05, 3.63) is 62.7 Å². The standard InChI is InChI=1S/C20H20F6S/c1-10-11(2)13(4)18(14(5)12(10)3)9-27-17-7-15(19(21,22)23)6-16(8-17)20(24,25)26/h6-8H,9H2,1-5H3. The minimum Gasteiger partial charge on any atom is -0.166 e. The highest BCUT2D eigenvalue weighted by atomic mass is 32.2. The third-order valence-corrected chi connectivity index (χ3v) is 6.10. The molecule has 2 aromatic carbocycles. The Labute approximate surface area is 159 Å². The third kappa shape index (κ3) is 4.62. The van der Waals surface area contributed by atoms with Crippen molar-refractivity contribution >= 4 is 11.8 Å². The average molecular weight is 406 g/mol. The highest BCUT2D eigenvalue weighted by Gasteiger charge is 2.37. The molecule has 2 aromatic rings. The zero-order valence-corrected chi connectivity index (χ0v) is 16.4. The molecule has 0 aliphatic carbocycles. The molecule has 0 aliphatic rings. The van der Waals surface area contributed by atoms with E-state index in [1.165, 1.54) is 0 Å². The molecule has 0 fully saturated rings. The van der Waals surface area contributed by atoms with Crippen molar-refractivity contribution in [2.75, 3.05) is 0 Å². The lowest BCUT2D eigenvalue weighted by atomic mass is 9.90. The van der Waals surface area contributed by atoms with Crippen LogP contribution in [0.5, 0.6) is 0 Å². The predicted octanol–water partition coefficient (Wildman–Crippen LogP) is 7.56. The third-order valence-electron chi connectivity index (χ3n) is 5.10. The molecule has 7 heteroatoms. The molecular weight excluding hydrogens is 386 g/mol. The van der Waals surface area contributed by atoms with Gasteiger partial charge in [0.25, 0.3) is 0 Å². The second-order valence-electron chi connectivity index (χ2n) is 6.63. The van der Waals surface area contributed by atoms with Gasteiger partial charge >= 0.3 is 12.4 Å². The molecule has 0 aromatic heterocycles. The summed E-state index contributed by atoms with van der Waals surface area (Å²) in [5.41, 5.74) is 3.75. The molecule has 2 rings (SSSR count). The van der Waals surface area contributed by atoms with Crippen LogP contribution >= 0.6 is 11.8 Å². The number of rotatable bonds is 3. The van der Waals surface area contributed by atoms with Crippen LogP contribution in [0.4, 0.5) is 26.3 Å². The van der Waals surface area contributed by atoms with Crippen molar-refractivity contribution in [2.45, 2.75) is 57.6 Å². The van der Waals surface area contributed by atoms with Crippen molar-refractivity contribution in [1.82, 2.24) is 0 Å². The van der Waals surface area contributed by atoms with Crippen molar-refractivity contribution in [3.63, 3.8) is 0 Å². The minimum atomic E-state index is -4.83. The smallest absolute Gasteiger partial charge is 0.166 e. The summed E-state index contributed by atoms with van der Waals surface area (Å²) in [4.78, 5) is -0.0492. The Morgan fingerprint density at radius 1 is 0.630 bits per heavy atom. The molecule has 148 valence electrons. The minimum absolute atomic E-state index is 0.0492. The Morgan fingerprint density at radius 3 is 1.37 bits per heavy atom. The van der Waals surface area contributed by atoms with Gasteiger partial charge in [0.1, 0.15) is 0 Å². The van der Waals surface area contributed by atoms with E-state index in [4.69, 9.17) is 0 Å². The summed E-state index contributed by atoms with van der Waals surface area (Å²) in [7, 11) is 0. The summed E-state index contributed by atoms with van der Waals surface area (Å²) >= 11 is 0.986. The van der Waals surface area contributed by atoms with Crippen LogP contribution in [0.15, 0.2) is 23.1 Å². The molecule has 0 saturated carbocycles. The zero-order chi connectivity index (χ0) is 20.7. The van der Waals surface area contributed by atoms with Crippen LogP contribution in [0.25, 0.3) is 0 Å². The van der Waals surface area contributed by atoms with E-state index in [-0.39, 0.29) is 11.0 Å². The number of thioether (sulfide) groups is 1. The van der Waals surface area contributed by atoms with Gasteiger partial charge in [-0.2, -0.15) is 26.3 Å².